The molecule has 4 heteroatoms. The molecule has 0 saturated heterocycles. The van der Waals surface area contributed by atoms with Crippen LogP contribution < -0.4 is 4.90 Å². The summed E-state index contributed by atoms with van der Waals surface area (Å²) >= 11 is 0. The molecule has 0 amide bonds. The summed E-state index contributed by atoms with van der Waals surface area (Å²) < 4.78 is 0. The summed E-state index contributed by atoms with van der Waals surface area (Å²) in [4.78, 5) is 6.62. The van der Waals surface area contributed by atoms with Crippen LogP contribution in [0.4, 0.5) is 5.82 Å². The second-order valence-electron chi connectivity index (χ2n) is 5.11. The zero-order valence-corrected chi connectivity index (χ0v) is 11.5. The van der Waals surface area contributed by atoms with Crippen molar-refractivity contribution in [2.45, 2.75) is 45.1 Å². The van der Waals surface area contributed by atoms with E-state index in [-0.39, 0.29) is 6.04 Å². The molecule has 1 heterocycles. The number of aromatic nitrogens is 1. The van der Waals surface area contributed by atoms with E-state index < -0.39 is 0 Å². The SMILES string of the molecule is CC(CC#N)N(C)c1nc2c(cc1C#N)CCCC2. The average Bonchev–Trinajstić information content (AvgIpc) is 2.45. The number of rotatable bonds is 3. The molecule has 0 N–H and O–H groups in total. The molecule has 4 nitrogen and oxygen atoms in total. The van der Waals surface area contributed by atoms with Crippen molar-refractivity contribution >= 4 is 5.82 Å². The Hall–Kier alpha value is -2.07. The Morgan fingerprint density at radius 3 is 2.79 bits per heavy atom. The van der Waals surface area contributed by atoms with Gasteiger partial charge in [-0.15, -0.1) is 0 Å². The summed E-state index contributed by atoms with van der Waals surface area (Å²) in [5.41, 5.74) is 2.96. The number of hydrogen-bond donors (Lipinski definition) is 0. The molecule has 1 aromatic heterocycles. The second kappa shape index (κ2) is 5.71. The summed E-state index contributed by atoms with van der Waals surface area (Å²) in [6.45, 7) is 1.98. The van der Waals surface area contributed by atoms with Crippen molar-refractivity contribution in [1.82, 2.24) is 4.98 Å². The predicted octanol–water partition coefficient (Wildman–Crippen LogP) is 2.57. The standard InChI is InChI=1S/C15H18N4/c1-11(7-8-16)19(2)15-13(10-17)9-12-5-3-4-6-14(12)18-15/h9,11H,3-7H2,1-2H3. The van der Waals surface area contributed by atoms with Crippen LogP contribution >= 0.6 is 0 Å². The first-order valence-corrected chi connectivity index (χ1v) is 6.70. The highest BCUT2D eigenvalue weighted by Gasteiger charge is 2.19. The lowest BCUT2D eigenvalue weighted by Crippen LogP contribution is -2.30. The summed E-state index contributed by atoms with van der Waals surface area (Å²) in [6.07, 6.45) is 4.80. The lowest BCUT2D eigenvalue weighted by molar-refractivity contribution is 0.654. The van der Waals surface area contributed by atoms with Crippen LogP contribution in [-0.2, 0) is 12.8 Å². The average molecular weight is 254 g/mol. The monoisotopic (exact) mass is 254 g/mol. The van der Waals surface area contributed by atoms with Gasteiger partial charge in [0.05, 0.1) is 18.1 Å². The molecule has 2 rings (SSSR count). The minimum atomic E-state index is 0.0613. The van der Waals surface area contributed by atoms with Gasteiger partial charge in [-0.1, -0.05) is 0 Å². The first-order chi connectivity index (χ1) is 9.17. The largest absolute Gasteiger partial charge is 0.355 e. The molecule has 0 aromatic carbocycles. The van der Waals surface area contributed by atoms with Crippen LogP contribution in [0.25, 0.3) is 0 Å². The minimum Gasteiger partial charge on any atom is -0.355 e. The van der Waals surface area contributed by atoms with Gasteiger partial charge in [0.15, 0.2) is 0 Å². The van der Waals surface area contributed by atoms with Crippen molar-refractivity contribution in [2.75, 3.05) is 11.9 Å². The van der Waals surface area contributed by atoms with Gasteiger partial charge in [-0.2, -0.15) is 10.5 Å². The van der Waals surface area contributed by atoms with E-state index in [4.69, 9.17) is 5.26 Å². The molecule has 0 aliphatic heterocycles. The summed E-state index contributed by atoms with van der Waals surface area (Å²) in [7, 11) is 1.90. The van der Waals surface area contributed by atoms with Crippen LogP contribution in [0.1, 0.15) is 43.0 Å². The number of hydrogen-bond acceptors (Lipinski definition) is 4. The van der Waals surface area contributed by atoms with Gasteiger partial charge in [-0.25, -0.2) is 4.98 Å². The molecule has 0 saturated carbocycles. The first-order valence-electron chi connectivity index (χ1n) is 6.70. The van der Waals surface area contributed by atoms with Crippen LogP contribution in [0.3, 0.4) is 0 Å². The van der Waals surface area contributed by atoms with E-state index in [0.29, 0.717) is 17.8 Å². The van der Waals surface area contributed by atoms with Gasteiger partial charge >= 0.3 is 0 Å². The summed E-state index contributed by atoms with van der Waals surface area (Å²) in [6, 6.07) is 6.44. The quantitative estimate of drug-likeness (QED) is 0.831. The Bertz CT molecular complexity index is 550. The summed E-state index contributed by atoms with van der Waals surface area (Å²) in [5.74, 6) is 0.714. The lowest BCUT2D eigenvalue weighted by Gasteiger charge is -2.27. The topological polar surface area (TPSA) is 63.7 Å². The Labute approximate surface area is 114 Å². The maximum atomic E-state index is 9.30. The second-order valence-corrected chi connectivity index (χ2v) is 5.11. The van der Waals surface area contributed by atoms with Gasteiger partial charge < -0.3 is 4.90 Å². The smallest absolute Gasteiger partial charge is 0.146 e. The maximum Gasteiger partial charge on any atom is 0.146 e. The number of pyridine rings is 1. The Morgan fingerprint density at radius 2 is 2.11 bits per heavy atom. The molecule has 1 aliphatic rings. The molecule has 1 atom stereocenters. The summed E-state index contributed by atoms with van der Waals surface area (Å²) in [5, 5.41) is 18.1. The van der Waals surface area contributed by atoms with Crippen LogP contribution in [-0.4, -0.2) is 18.1 Å². The maximum absolute atomic E-state index is 9.30. The van der Waals surface area contributed by atoms with E-state index in [9.17, 15) is 5.26 Å². The van der Waals surface area contributed by atoms with Gasteiger partial charge in [0, 0.05) is 18.8 Å². The molecule has 98 valence electrons. The Balaban J connectivity index is 2.39. The van der Waals surface area contributed by atoms with Crippen molar-refractivity contribution in [2.24, 2.45) is 0 Å². The van der Waals surface area contributed by atoms with Crippen LogP contribution in [0.5, 0.6) is 0 Å². The predicted molar refractivity (Wildman–Crippen MR) is 73.7 cm³/mol. The highest BCUT2D eigenvalue weighted by atomic mass is 15.2. The van der Waals surface area contributed by atoms with Gasteiger partial charge in [0.25, 0.3) is 0 Å². The third-order valence-electron chi connectivity index (χ3n) is 3.78. The van der Waals surface area contributed by atoms with E-state index in [2.05, 4.69) is 17.1 Å². The van der Waals surface area contributed by atoms with Gasteiger partial charge in [-0.3, -0.25) is 0 Å². The van der Waals surface area contributed by atoms with Gasteiger partial charge in [-0.05, 0) is 44.2 Å². The van der Waals surface area contributed by atoms with Crippen molar-refractivity contribution in [3.05, 3.63) is 22.9 Å². The zero-order valence-electron chi connectivity index (χ0n) is 11.5. The highest BCUT2D eigenvalue weighted by Crippen LogP contribution is 2.27. The third kappa shape index (κ3) is 2.69. The van der Waals surface area contributed by atoms with E-state index in [1.807, 2.05) is 24.9 Å². The van der Waals surface area contributed by atoms with Crippen molar-refractivity contribution in [3.8, 4) is 12.1 Å². The number of fused-ring (bicyclic) bond motifs is 1. The number of aryl methyl sites for hydroxylation is 2. The molecule has 0 bridgehead atoms. The van der Waals surface area contributed by atoms with Crippen LogP contribution in [0.2, 0.25) is 0 Å². The van der Waals surface area contributed by atoms with Crippen molar-refractivity contribution in [3.63, 3.8) is 0 Å². The first kappa shape index (κ1) is 13.4. The van der Waals surface area contributed by atoms with E-state index in [1.165, 1.54) is 18.4 Å². The van der Waals surface area contributed by atoms with Crippen LogP contribution in [0, 0.1) is 22.7 Å². The van der Waals surface area contributed by atoms with Gasteiger partial charge in [0.2, 0.25) is 0 Å². The molecule has 0 fully saturated rings. The van der Waals surface area contributed by atoms with Crippen LogP contribution in [0.15, 0.2) is 6.07 Å². The van der Waals surface area contributed by atoms with E-state index in [1.54, 1.807) is 0 Å². The molecule has 0 spiro atoms. The number of anilines is 1. The zero-order chi connectivity index (χ0) is 13.8. The minimum absolute atomic E-state index is 0.0613. The van der Waals surface area contributed by atoms with E-state index in [0.717, 1.165) is 18.5 Å². The molecule has 1 unspecified atom stereocenters. The fourth-order valence-corrected chi connectivity index (χ4v) is 2.45. The fourth-order valence-electron chi connectivity index (χ4n) is 2.45. The van der Waals surface area contributed by atoms with Crippen molar-refractivity contribution in [1.29, 1.82) is 10.5 Å². The van der Waals surface area contributed by atoms with Crippen molar-refractivity contribution < 1.29 is 0 Å². The number of nitriles is 2. The third-order valence-corrected chi connectivity index (χ3v) is 3.78. The molecular weight excluding hydrogens is 236 g/mol. The lowest BCUT2D eigenvalue weighted by atomic mass is 9.94. The highest BCUT2D eigenvalue weighted by molar-refractivity contribution is 5.56. The van der Waals surface area contributed by atoms with Gasteiger partial charge in [0.1, 0.15) is 11.9 Å². The Morgan fingerprint density at radius 1 is 1.37 bits per heavy atom. The fraction of sp³-hybridized carbons (Fsp3) is 0.533. The molecule has 19 heavy (non-hydrogen) atoms. The number of nitrogens with zero attached hydrogens (tertiary/aromatic N) is 4. The Kier molecular flexibility index (Phi) is 4.02. The molecular formula is C15H18N4. The normalized spacial score (nSPS) is 14.9. The molecule has 1 aliphatic carbocycles. The molecule has 0 radical (unpaired) electrons. The molecule has 1 aromatic rings. The van der Waals surface area contributed by atoms with E-state index >= 15 is 0 Å².